The second-order valence-corrected chi connectivity index (χ2v) is 8.53. The van der Waals surface area contributed by atoms with Gasteiger partial charge in [-0.2, -0.15) is 0 Å². The van der Waals surface area contributed by atoms with Crippen LogP contribution in [0.15, 0.2) is 103 Å². The molecule has 0 saturated heterocycles. The van der Waals surface area contributed by atoms with Crippen LogP contribution in [0.4, 0.5) is 0 Å². The van der Waals surface area contributed by atoms with E-state index in [1.807, 2.05) is 48.5 Å². The molecule has 4 aromatic carbocycles. The topological polar surface area (TPSA) is 18.5 Å². The second kappa shape index (κ2) is 8.84. The van der Waals surface area contributed by atoms with Crippen molar-refractivity contribution in [3.63, 3.8) is 0 Å². The number of halogens is 1. The smallest absolute Gasteiger partial charge is 0.219 e. The van der Waals surface area contributed by atoms with Gasteiger partial charge in [-0.25, -0.2) is 0 Å². The first-order valence-corrected chi connectivity index (χ1v) is 11.2. The highest BCUT2D eigenvalue weighted by molar-refractivity contribution is 7.21. The minimum Gasteiger partial charge on any atom is -0.476 e. The van der Waals surface area contributed by atoms with Crippen LogP contribution in [0.5, 0.6) is 16.6 Å². The fraction of sp³-hybridized carbons (Fsp3) is 0.0370. The Kier molecular flexibility index (Phi) is 5.61. The monoisotopic (exact) mass is 442 g/mol. The fourth-order valence-electron chi connectivity index (χ4n) is 3.50. The van der Waals surface area contributed by atoms with Gasteiger partial charge in [0.05, 0.1) is 0 Å². The lowest BCUT2D eigenvalue weighted by atomic mass is 10.0. The van der Waals surface area contributed by atoms with Crippen molar-refractivity contribution in [1.82, 2.24) is 0 Å². The number of rotatable bonds is 6. The number of hydrogen-bond acceptors (Lipinski definition) is 3. The summed E-state index contributed by atoms with van der Waals surface area (Å²) in [5, 5.41) is 2.48. The van der Waals surface area contributed by atoms with Crippen LogP contribution >= 0.6 is 22.9 Å². The summed E-state index contributed by atoms with van der Waals surface area (Å²) in [6.45, 7) is 0.453. The van der Waals surface area contributed by atoms with Crippen LogP contribution in [0.25, 0.3) is 21.2 Å². The summed E-state index contributed by atoms with van der Waals surface area (Å²) in [5.41, 5.74) is 3.48. The van der Waals surface area contributed by atoms with Crippen molar-refractivity contribution < 1.29 is 9.47 Å². The molecule has 0 unspecified atom stereocenters. The first kappa shape index (κ1) is 19.7. The first-order valence-electron chi connectivity index (χ1n) is 9.99. The standard InChI is InChI=1S/C27H19ClO2S/c28-21-14-16-22(17-15-21)30-26-24-12-6-7-13-25(24)31-27(26)29-18-20-10-4-5-11-23(20)19-8-2-1-3-9-19/h1-17H,18H2. The lowest BCUT2D eigenvalue weighted by Gasteiger charge is -2.12. The van der Waals surface area contributed by atoms with E-state index in [-0.39, 0.29) is 0 Å². The Bertz CT molecular complexity index is 1310. The molecule has 0 aliphatic heterocycles. The molecule has 0 atom stereocenters. The van der Waals surface area contributed by atoms with Gasteiger partial charge in [-0.15, -0.1) is 0 Å². The van der Waals surface area contributed by atoms with Crippen LogP contribution in [0.3, 0.4) is 0 Å². The molecule has 4 heteroatoms. The molecule has 1 heterocycles. The summed E-state index contributed by atoms with van der Waals surface area (Å²) >= 11 is 7.62. The largest absolute Gasteiger partial charge is 0.476 e. The Morgan fingerprint density at radius 3 is 2.26 bits per heavy atom. The fourth-order valence-corrected chi connectivity index (χ4v) is 4.61. The molecule has 0 fully saturated rings. The Balaban J connectivity index is 1.47. The maximum atomic E-state index is 6.33. The third-order valence-electron chi connectivity index (χ3n) is 5.01. The van der Waals surface area contributed by atoms with Gasteiger partial charge >= 0.3 is 0 Å². The summed E-state index contributed by atoms with van der Waals surface area (Å²) < 4.78 is 13.7. The molecule has 0 saturated carbocycles. The summed E-state index contributed by atoms with van der Waals surface area (Å²) in [4.78, 5) is 0. The average Bonchev–Trinajstić information content (AvgIpc) is 3.17. The van der Waals surface area contributed by atoms with E-state index < -0.39 is 0 Å². The molecule has 0 aliphatic carbocycles. The van der Waals surface area contributed by atoms with Crippen LogP contribution < -0.4 is 9.47 Å². The Morgan fingerprint density at radius 2 is 1.42 bits per heavy atom. The summed E-state index contributed by atoms with van der Waals surface area (Å²) in [6, 6.07) is 34.3. The van der Waals surface area contributed by atoms with Crippen LogP contribution in [0.1, 0.15) is 5.56 Å². The molecule has 1 aromatic heterocycles. The van der Waals surface area contributed by atoms with E-state index in [2.05, 4.69) is 54.6 Å². The molecule has 0 amide bonds. The van der Waals surface area contributed by atoms with E-state index in [1.54, 1.807) is 11.3 Å². The summed E-state index contributed by atoms with van der Waals surface area (Å²) in [7, 11) is 0. The Morgan fingerprint density at radius 1 is 0.710 bits per heavy atom. The van der Waals surface area contributed by atoms with Crippen LogP contribution in [-0.4, -0.2) is 0 Å². The van der Waals surface area contributed by atoms with Gasteiger partial charge in [0, 0.05) is 15.1 Å². The van der Waals surface area contributed by atoms with Gasteiger partial charge in [0.2, 0.25) is 5.06 Å². The van der Waals surface area contributed by atoms with E-state index in [0.717, 1.165) is 32.2 Å². The van der Waals surface area contributed by atoms with Crippen LogP contribution in [0, 0.1) is 0 Å². The Labute approximate surface area is 190 Å². The van der Waals surface area contributed by atoms with E-state index in [4.69, 9.17) is 21.1 Å². The molecule has 31 heavy (non-hydrogen) atoms. The molecule has 0 bridgehead atoms. The summed E-state index contributed by atoms with van der Waals surface area (Å²) in [5.74, 6) is 1.46. The molecule has 152 valence electrons. The van der Waals surface area contributed by atoms with Gasteiger partial charge in [-0.1, -0.05) is 89.7 Å². The van der Waals surface area contributed by atoms with Crippen molar-refractivity contribution in [2.45, 2.75) is 6.61 Å². The van der Waals surface area contributed by atoms with Crippen molar-refractivity contribution in [2.75, 3.05) is 0 Å². The molecule has 0 radical (unpaired) electrons. The molecular weight excluding hydrogens is 424 g/mol. The van der Waals surface area contributed by atoms with E-state index in [0.29, 0.717) is 11.6 Å². The molecule has 0 N–H and O–H groups in total. The predicted octanol–water partition coefficient (Wildman–Crippen LogP) is 8.59. The molecule has 5 rings (SSSR count). The van der Waals surface area contributed by atoms with Crippen molar-refractivity contribution in [3.8, 4) is 27.7 Å². The SMILES string of the molecule is Clc1ccc(Oc2c(OCc3ccccc3-c3ccccc3)sc3ccccc23)cc1. The predicted molar refractivity (Wildman–Crippen MR) is 130 cm³/mol. The van der Waals surface area contributed by atoms with E-state index in [9.17, 15) is 0 Å². The minimum absolute atomic E-state index is 0.453. The van der Waals surface area contributed by atoms with Crippen LogP contribution in [0.2, 0.25) is 5.02 Å². The normalized spacial score (nSPS) is 10.9. The molecular formula is C27H19ClO2S. The number of fused-ring (bicyclic) bond motifs is 1. The second-order valence-electron chi connectivity index (χ2n) is 7.08. The average molecular weight is 443 g/mol. The minimum atomic E-state index is 0.453. The van der Waals surface area contributed by atoms with Gasteiger partial charge in [0.15, 0.2) is 5.75 Å². The number of thiophene rings is 1. The van der Waals surface area contributed by atoms with Gasteiger partial charge in [-0.05, 0) is 53.1 Å². The van der Waals surface area contributed by atoms with Crippen LogP contribution in [-0.2, 0) is 6.61 Å². The zero-order chi connectivity index (χ0) is 21.0. The highest BCUT2D eigenvalue weighted by Gasteiger charge is 2.17. The lowest BCUT2D eigenvalue weighted by molar-refractivity contribution is 0.303. The lowest BCUT2D eigenvalue weighted by Crippen LogP contribution is -1.98. The molecule has 5 aromatic rings. The van der Waals surface area contributed by atoms with Gasteiger partial charge in [0.25, 0.3) is 0 Å². The van der Waals surface area contributed by atoms with Crippen molar-refractivity contribution in [2.24, 2.45) is 0 Å². The molecule has 2 nitrogen and oxygen atoms in total. The van der Waals surface area contributed by atoms with E-state index >= 15 is 0 Å². The maximum Gasteiger partial charge on any atom is 0.219 e. The number of ether oxygens (including phenoxy) is 2. The zero-order valence-corrected chi connectivity index (χ0v) is 18.2. The maximum absolute atomic E-state index is 6.33. The van der Waals surface area contributed by atoms with E-state index in [1.165, 1.54) is 11.1 Å². The quantitative estimate of drug-likeness (QED) is 0.262. The third-order valence-corrected chi connectivity index (χ3v) is 6.33. The van der Waals surface area contributed by atoms with Gasteiger partial charge in [-0.3, -0.25) is 0 Å². The number of hydrogen-bond donors (Lipinski definition) is 0. The summed E-state index contributed by atoms with van der Waals surface area (Å²) in [6.07, 6.45) is 0. The van der Waals surface area contributed by atoms with Crippen molar-refractivity contribution in [1.29, 1.82) is 0 Å². The molecule has 0 spiro atoms. The van der Waals surface area contributed by atoms with Gasteiger partial charge in [0.1, 0.15) is 12.4 Å². The zero-order valence-electron chi connectivity index (χ0n) is 16.6. The number of benzene rings is 4. The van der Waals surface area contributed by atoms with Crippen molar-refractivity contribution >= 4 is 33.0 Å². The molecule has 0 aliphatic rings. The Hall–Kier alpha value is -3.27. The first-order chi connectivity index (χ1) is 15.3. The highest BCUT2D eigenvalue weighted by Crippen LogP contribution is 2.46. The third kappa shape index (κ3) is 4.29. The van der Waals surface area contributed by atoms with Gasteiger partial charge < -0.3 is 9.47 Å². The highest BCUT2D eigenvalue weighted by atomic mass is 35.5. The van der Waals surface area contributed by atoms with Crippen molar-refractivity contribution in [3.05, 3.63) is 114 Å².